The van der Waals surface area contributed by atoms with E-state index in [1.807, 2.05) is 36.6 Å². The molecular weight excluding hydrogens is 246 g/mol. The Balaban J connectivity index is 2.30. The lowest BCUT2D eigenvalue weighted by Crippen LogP contribution is -2.28. The predicted molar refractivity (Wildman–Crippen MR) is 75.2 cm³/mol. The van der Waals surface area contributed by atoms with Crippen LogP contribution in [0.25, 0.3) is 11.0 Å². The lowest BCUT2D eigenvalue weighted by molar-refractivity contribution is -0.121. The zero-order chi connectivity index (χ0) is 13.1. The molecule has 0 aliphatic carbocycles. The quantitative estimate of drug-likeness (QED) is 0.833. The van der Waals surface area contributed by atoms with Gasteiger partial charge >= 0.3 is 0 Å². The summed E-state index contributed by atoms with van der Waals surface area (Å²) in [6, 6.07) is 6.04. The van der Waals surface area contributed by atoms with Crippen LogP contribution in [0.1, 0.15) is 18.9 Å². The van der Waals surface area contributed by atoms with Crippen LogP contribution in [0.2, 0.25) is 0 Å². The number of aryl methyl sites for hydroxylation is 1. The number of aromatic amines is 1. The van der Waals surface area contributed by atoms with Crippen LogP contribution in [0, 0.1) is 11.7 Å². The molecule has 1 amide bonds. The van der Waals surface area contributed by atoms with Gasteiger partial charge in [-0.05, 0) is 43.3 Å². The van der Waals surface area contributed by atoms with Gasteiger partial charge in [-0.15, -0.1) is 0 Å². The fraction of sp³-hybridized carbons (Fsp3) is 0.385. The zero-order valence-electron chi connectivity index (χ0n) is 10.6. The Hall–Kier alpha value is -1.62. The summed E-state index contributed by atoms with van der Waals surface area (Å²) in [6.07, 6.45) is 0.935. The molecule has 0 aliphatic heterocycles. The van der Waals surface area contributed by atoms with Gasteiger partial charge < -0.3 is 14.9 Å². The van der Waals surface area contributed by atoms with E-state index in [2.05, 4.69) is 10.3 Å². The Bertz CT molecular complexity index is 627. The van der Waals surface area contributed by atoms with Crippen molar-refractivity contribution in [2.75, 3.05) is 6.54 Å². The molecule has 18 heavy (non-hydrogen) atoms. The van der Waals surface area contributed by atoms with Crippen molar-refractivity contribution >= 4 is 29.2 Å². The van der Waals surface area contributed by atoms with E-state index in [4.69, 9.17) is 12.2 Å². The molecule has 2 N–H and O–H groups in total. The summed E-state index contributed by atoms with van der Waals surface area (Å²) in [5.74, 6) is -0.00516. The number of H-pyrrole nitrogens is 1. The molecule has 1 heterocycles. The van der Waals surface area contributed by atoms with E-state index in [1.54, 1.807) is 0 Å². The van der Waals surface area contributed by atoms with Crippen molar-refractivity contribution in [1.29, 1.82) is 0 Å². The number of aromatic nitrogens is 2. The Labute approximate surface area is 111 Å². The van der Waals surface area contributed by atoms with Gasteiger partial charge in [-0.1, -0.05) is 13.0 Å². The van der Waals surface area contributed by atoms with Gasteiger partial charge in [-0.3, -0.25) is 4.79 Å². The summed E-state index contributed by atoms with van der Waals surface area (Å²) in [5, 5.41) is 2.85. The van der Waals surface area contributed by atoms with E-state index in [9.17, 15) is 4.79 Å². The van der Waals surface area contributed by atoms with Gasteiger partial charge in [0, 0.05) is 6.54 Å². The van der Waals surface area contributed by atoms with Gasteiger partial charge in [0.25, 0.3) is 0 Å². The molecule has 2 aromatic rings. The SMILES string of the molecule is CCCNC(=O)Cn1c(=S)[nH]c2cc(C)ccc21. The summed E-state index contributed by atoms with van der Waals surface area (Å²) in [7, 11) is 0. The molecule has 0 aliphatic rings. The van der Waals surface area contributed by atoms with Crippen molar-refractivity contribution in [3.63, 3.8) is 0 Å². The highest BCUT2D eigenvalue weighted by Gasteiger charge is 2.08. The summed E-state index contributed by atoms with van der Waals surface area (Å²) in [4.78, 5) is 14.9. The van der Waals surface area contributed by atoms with E-state index in [-0.39, 0.29) is 12.5 Å². The Morgan fingerprint density at radius 3 is 3.00 bits per heavy atom. The van der Waals surface area contributed by atoms with Crippen LogP contribution in [0.15, 0.2) is 18.2 Å². The number of carbonyl (C=O) groups is 1. The van der Waals surface area contributed by atoms with Crippen molar-refractivity contribution in [3.8, 4) is 0 Å². The lowest BCUT2D eigenvalue weighted by atomic mass is 10.2. The van der Waals surface area contributed by atoms with E-state index < -0.39 is 0 Å². The van der Waals surface area contributed by atoms with Crippen molar-refractivity contribution < 1.29 is 4.79 Å². The van der Waals surface area contributed by atoms with Gasteiger partial charge in [-0.2, -0.15) is 0 Å². The lowest BCUT2D eigenvalue weighted by Gasteiger charge is -2.05. The minimum atomic E-state index is -0.00516. The zero-order valence-corrected chi connectivity index (χ0v) is 11.4. The Morgan fingerprint density at radius 2 is 2.28 bits per heavy atom. The van der Waals surface area contributed by atoms with Crippen molar-refractivity contribution in [2.45, 2.75) is 26.8 Å². The molecule has 0 unspecified atom stereocenters. The number of hydrogen-bond donors (Lipinski definition) is 2. The molecule has 4 nitrogen and oxygen atoms in total. The maximum Gasteiger partial charge on any atom is 0.240 e. The molecule has 0 radical (unpaired) electrons. The first-order chi connectivity index (χ1) is 8.61. The standard InChI is InChI=1S/C13H17N3OS/c1-3-6-14-12(17)8-16-11-5-4-9(2)7-10(11)15-13(16)18/h4-5,7H,3,6,8H2,1-2H3,(H,14,17)(H,15,18). The highest BCUT2D eigenvalue weighted by atomic mass is 32.1. The molecule has 96 valence electrons. The molecule has 0 spiro atoms. The monoisotopic (exact) mass is 263 g/mol. The van der Waals surface area contributed by atoms with E-state index in [0.717, 1.165) is 17.5 Å². The van der Waals surface area contributed by atoms with E-state index in [1.165, 1.54) is 5.56 Å². The highest BCUT2D eigenvalue weighted by Crippen LogP contribution is 2.15. The third-order valence-electron chi connectivity index (χ3n) is 2.80. The normalized spacial score (nSPS) is 10.8. The number of rotatable bonds is 4. The summed E-state index contributed by atoms with van der Waals surface area (Å²) >= 11 is 5.25. The van der Waals surface area contributed by atoms with Crippen LogP contribution >= 0.6 is 12.2 Å². The summed E-state index contributed by atoms with van der Waals surface area (Å²) in [6.45, 7) is 5.03. The number of fused-ring (bicyclic) bond motifs is 1. The minimum absolute atomic E-state index is 0.00516. The number of hydrogen-bond acceptors (Lipinski definition) is 2. The van der Waals surface area contributed by atoms with Crippen LogP contribution in [0.5, 0.6) is 0 Å². The average Bonchev–Trinajstić information content (AvgIpc) is 2.62. The number of nitrogens with one attached hydrogen (secondary N) is 2. The maximum atomic E-state index is 11.7. The summed E-state index contributed by atoms with van der Waals surface area (Å²) in [5.41, 5.74) is 3.11. The third-order valence-corrected chi connectivity index (χ3v) is 3.13. The molecule has 0 bridgehead atoms. The molecule has 0 atom stereocenters. The number of amides is 1. The van der Waals surface area contributed by atoms with Gasteiger partial charge in [0.05, 0.1) is 11.0 Å². The topological polar surface area (TPSA) is 49.8 Å². The Morgan fingerprint density at radius 1 is 1.50 bits per heavy atom. The van der Waals surface area contributed by atoms with Crippen LogP contribution in [-0.4, -0.2) is 22.0 Å². The first kappa shape index (κ1) is 12.8. The second-order valence-electron chi connectivity index (χ2n) is 4.39. The molecule has 1 aromatic carbocycles. The van der Waals surface area contributed by atoms with Crippen LogP contribution < -0.4 is 5.32 Å². The number of carbonyl (C=O) groups excluding carboxylic acids is 1. The fourth-order valence-electron chi connectivity index (χ4n) is 1.90. The minimum Gasteiger partial charge on any atom is -0.355 e. The maximum absolute atomic E-state index is 11.7. The molecule has 2 rings (SSSR count). The average molecular weight is 263 g/mol. The smallest absolute Gasteiger partial charge is 0.240 e. The van der Waals surface area contributed by atoms with E-state index >= 15 is 0 Å². The van der Waals surface area contributed by atoms with Gasteiger partial charge in [0.15, 0.2) is 4.77 Å². The largest absolute Gasteiger partial charge is 0.355 e. The molecule has 0 fully saturated rings. The first-order valence-corrected chi connectivity index (χ1v) is 6.48. The van der Waals surface area contributed by atoms with Crippen LogP contribution in [0.3, 0.4) is 0 Å². The number of nitrogens with zero attached hydrogens (tertiary/aromatic N) is 1. The fourth-order valence-corrected chi connectivity index (χ4v) is 2.17. The van der Waals surface area contributed by atoms with Gasteiger partial charge in [0.2, 0.25) is 5.91 Å². The highest BCUT2D eigenvalue weighted by molar-refractivity contribution is 7.71. The molecule has 0 saturated heterocycles. The van der Waals surface area contributed by atoms with E-state index in [0.29, 0.717) is 11.3 Å². The summed E-state index contributed by atoms with van der Waals surface area (Å²) < 4.78 is 2.41. The first-order valence-electron chi connectivity index (χ1n) is 6.07. The van der Waals surface area contributed by atoms with Crippen molar-refractivity contribution in [3.05, 3.63) is 28.5 Å². The number of imidazole rings is 1. The second-order valence-corrected chi connectivity index (χ2v) is 4.77. The number of benzene rings is 1. The van der Waals surface area contributed by atoms with Crippen molar-refractivity contribution in [1.82, 2.24) is 14.9 Å². The van der Waals surface area contributed by atoms with Crippen molar-refractivity contribution in [2.24, 2.45) is 0 Å². The van der Waals surface area contributed by atoms with Gasteiger partial charge in [0.1, 0.15) is 6.54 Å². The van der Waals surface area contributed by atoms with Crippen LogP contribution in [0.4, 0.5) is 0 Å². The Kier molecular flexibility index (Phi) is 3.81. The second kappa shape index (κ2) is 5.35. The van der Waals surface area contributed by atoms with Crippen LogP contribution in [-0.2, 0) is 11.3 Å². The third kappa shape index (κ3) is 2.61. The predicted octanol–water partition coefficient (Wildman–Crippen LogP) is 2.53. The molecule has 5 heteroatoms. The molecule has 1 aromatic heterocycles. The van der Waals surface area contributed by atoms with Gasteiger partial charge in [-0.25, -0.2) is 0 Å². The molecule has 0 saturated carbocycles. The molecular formula is C13H17N3OS.